The maximum atomic E-state index is 13.7. The van der Waals surface area contributed by atoms with Crippen molar-refractivity contribution >= 4 is 23.2 Å². The topological polar surface area (TPSA) is 35.1 Å². The van der Waals surface area contributed by atoms with Crippen LogP contribution >= 0.6 is 23.2 Å². The van der Waals surface area contributed by atoms with Gasteiger partial charge in [-0.2, -0.15) is 0 Å². The molecule has 0 aliphatic carbocycles. The van der Waals surface area contributed by atoms with Gasteiger partial charge in [-0.25, -0.2) is 18.1 Å². The lowest BCUT2D eigenvalue weighted by molar-refractivity contribution is 0.466. The molecular formula is C16H9Cl2F2NO2. The zero-order valence-corrected chi connectivity index (χ0v) is 13.0. The summed E-state index contributed by atoms with van der Waals surface area (Å²) in [6.45, 7) is 0. The van der Waals surface area contributed by atoms with Crippen LogP contribution in [0.5, 0.6) is 0 Å². The molecule has 118 valence electrons. The maximum Gasteiger partial charge on any atom is 0.423 e. The minimum atomic E-state index is -0.712. The van der Waals surface area contributed by atoms with Crippen LogP contribution in [-0.4, -0.2) is 4.57 Å². The van der Waals surface area contributed by atoms with E-state index in [9.17, 15) is 13.6 Å². The molecule has 0 fully saturated rings. The fourth-order valence-corrected chi connectivity index (χ4v) is 2.77. The second-order valence-electron chi connectivity index (χ2n) is 4.82. The van der Waals surface area contributed by atoms with E-state index in [0.717, 1.165) is 16.7 Å². The van der Waals surface area contributed by atoms with Crippen molar-refractivity contribution in [1.82, 2.24) is 4.57 Å². The van der Waals surface area contributed by atoms with Gasteiger partial charge in [0.15, 0.2) is 0 Å². The number of nitrogens with zero attached hydrogens (tertiary/aromatic N) is 1. The number of aromatic nitrogens is 1. The van der Waals surface area contributed by atoms with Crippen LogP contribution in [0.3, 0.4) is 0 Å². The highest BCUT2D eigenvalue weighted by Crippen LogP contribution is 2.27. The van der Waals surface area contributed by atoms with E-state index in [4.69, 9.17) is 27.6 Å². The van der Waals surface area contributed by atoms with Crippen molar-refractivity contribution in [1.29, 1.82) is 0 Å². The molecule has 7 heteroatoms. The minimum Gasteiger partial charge on any atom is -0.412 e. The number of para-hydroxylation sites is 1. The molecule has 2 aromatic carbocycles. The van der Waals surface area contributed by atoms with Gasteiger partial charge in [0.25, 0.3) is 0 Å². The predicted octanol–water partition coefficient (Wildman–Crippen LogP) is 4.61. The summed E-state index contributed by atoms with van der Waals surface area (Å²) in [5, 5.41) is 0.555. The van der Waals surface area contributed by atoms with Crippen LogP contribution in [0.25, 0.3) is 5.69 Å². The van der Waals surface area contributed by atoms with Crippen LogP contribution in [0, 0.1) is 11.6 Å². The quantitative estimate of drug-likeness (QED) is 0.687. The Hall–Kier alpha value is -2.11. The van der Waals surface area contributed by atoms with Gasteiger partial charge in [0.05, 0.1) is 21.9 Å². The Kier molecular flexibility index (Phi) is 4.24. The Morgan fingerprint density at radius 1 is 1.09 bits per heavy atom. The number of benzene rings is 2. The lowest BCUT2D eigenvalue weighted by Crippen LogP contribution is -2.11. The van der Waals surface area contributed by atoms with Crippen molar-refractivity contribution in [3.8, 4) is 5.69 Å². The predicted molar refractivity (Wildman–Crippen MR) is 83.5 cm³/mol. The van der Waals surface area contributed by atoms with E-state index in [2.05, 4.69) is 0 Å². The molecule has 3 aromatic rings. The third-order valence-corrected chi connectivity index (χ3v) is 3.86. The molecule has 1 heterocycles. The molecule has 0 aliphatic heterocycles. The van der Waals surface area contributed by atoms with Crippen molar-refractivity contribution < 1.29 is 13.2 Å². The second-order valence-corrected chi connectivity index (χ2v) is 5.63. The third kappa shape index (κ3) is 3.16. The smallest absolute Gasteiger partial charge is 0.412 e. The highest BCUT2D eigenvalue weighted by molar-refractivity contribution is 6.37. The fourth-order valence-electron chi connectivity index (χ4n) is 2.19. The fraction of sp³-hybridized carbons (Fsp3) is 0.0625. The van der Waals surface area contributed by atoms with Gasteiger partial charge in [-0.3, -0.25) is 0 Å². The lowest BCUT2D eigenvalue weighted by Gasteiger charge is -2.05. The molecule has 1 aromatic heterocycles. The summed E-state index contributed by atoms with van der Waals surface area (Å²) in [5.41, 5.74) is 0.493. The van der Waals surface area contributed by atoms with E-state index in [1.54, 1.807) is 18.2 Å². The number of hydrogen-bond acceptors (Lipinski definition) is 2. The largest absolute Gasteiger partial charge is 0.423 e. The molecule has 0 bridgehead atoms. The molecular weight excluding hydrogens is 347 g/mol. The van der Waals surface area contributed by atoms with Crippen molar-refractivity contribution in [2.75, 3.05) is 0 Å². The number of halogens is 4. The SMILES string of the molecule is O=c1oc(Cc2ccc(F)cc2F)cn1-c1c(Cl)cccc1Cl. The lowest BCUT2D eigenvalue weighted by atomic mass is 10.1. The zero-order valence-electron chi connectivity index (χ0n) is 11.5. The second kappa shape index (κ2) is 6.18. The third-order valence-electron chi connectivity index (χ3n) is 3.25. The first-order valence-electron chi connectivity index (χ1n) is 6.55. The summed E-state index contributed by atoms with van der Waals surface area (Å²) in [5.74, 6) is -1.88. The summed E-state index contributed by atoms with van der Waals surface area (Å²) in [4.78, 5) is 12.0. The molecule has 0 saturated carbocycles. The van der Waals surface area contributed by atoms with Gasteiger partial charge in [0, 0.05) is 12.5 Å². The van der Waals surface area contributed by atoms with Gasteiger partial charge in [-0.15, -0.1) is 0 Å². The monoisotopic (exact) mass is 355 g/mol. The van der Waals surface area contributed by atoms with Crippen LogP contribution in [-0.2, 0) is 6.42 Å². The van der Waals surface area contributed by atoms with Crippen LogP contribution in [0.2, 0.25) is 10.0 Å². The Labute approximate surface area is 139 Å². The Balaban J connectivity index is 2.00. The van der Waals surface area contributed by atoms with E-state index in [0.29, 0.717) is 0 Å². The van der Waals surface area contributed by atoms with E-state index in [1.165, 1.54) is 12.3 Å². The average molecular weight is 356 g/mol. The molecule has 0 saturated heterocycles. The molecule has 0 atom stereocenters. The summed E-state index contributed by atoms with van der Waals surface area (Å²) < 4.78 is 32.9. The Morgan fingerprint density at radius 3 is 2.43 bits per heavy atom. The van der Waals surface area contributed by atoms with Crippen LogP contribution in [0.1, 0.15) is 11.3 Å². The van der Waals surface area contributed by atoms with Gasteiger partial charge >= 0.3 is 5.76 Å². The van der Waals surface area contributed by atoms with E-state index in [1.807, 2.05) is 0 Å². The standard InChI is InChI=1S/C16H9Cl2F2NO2/c17-12-2-1-3-13(18)15(12)21-8-11(23-16(21)22)6-9-4-5-10(19)7-14(9)20/h1-5,7-8H,6H2. The summed E-state index contributed by atoms with van der Waals surface area (Å²) in [6.07, 6.45) is 1.38. The molecule has 0 N–H and O–H groups in total. The van der Waals surface area contributed by atoms with Crippen molar-refractivity contribution in [3.63, 3.8) is 0 Å². The number of hydrogen-bond donors (Lipinski definition) is 0. The molecule has 0 unspecified atom stereocenters. The molecule has 3 rings (SSSR count). The minimum absolute atomic E-state index is 0.00355. The molecule has 0 amide bonds. The Morgan fingerprint density at radius 2 is 1.78 bits per heavy atom. The van der Waals surface area contributed by atoms with Gasteiger partial charge in [0.2, 0.25) is 0 Å². The van der Waals surface area contributed by atoms with Crippen LogP contribution in [0.15, 0.2) is 51.8 Å². The first-order chi connectivity index (χ1) is 11.0. The summed E-state index contributed by atoms with van der Waals surface area (Å²) in [6, 6.07) is 8.02. The van der Waals surface area contributed by atoms with Crippen LogP contribution < -0.4 is 5.76 Å². The average Bonchev–Trinajstić information content (AvgIpc) is 2.83. The zero-order chi connectivity index (χ0) is 16.6. The highest BCUT2D eigenvalue weighted by Gasteiger charge is 2.15. The van der Waals surface area contributed by atoms with E-state index in [-0.39, 0.29) is 33.5 Å². The van der Waals surface area contributed by atoms with E-state index < -0.39 is 17.4 Å². The van der Waals surface area contributed by atoms with Gasteiger partial charge in [-0.05, 0) is 23.8 Å². The molecule has 0 radical (unpaired) electrons. The Bertz CT molecular complexity index is 914. The molecule has 0 aliphatic rings. The first-order valence-corrected chi connectivity index (χ1v) is 7.31. The van der Waals surface area contributed by atoms with Crippen molar-refractivity contribution in [2.45, 2.75) is 6.42 Å². The molecule has 23 heavy (non-hydrogen) atoms. The molecule has 3 nitrogen and oxygen atoms in total. The number of oxazole rings is 1. The first kappa shape index (κ1) is 15.8. The maximum absolute atomic E-state index is 13.7. The van der Waals surface area contributed by atoms with Crippen molar-refractivity contribution in [3.05, 3.63) is 86.1 Å². The van der Waals surface area contributed by atoms with Gasteiger partial charge in [-0.1, -0.05) is 35.3 Å². The van der Waals surface area contributed by atoms with Gasteiger partial charge < -0.3 is 4.42 Å². The highest BCUT2D eigenvalue weighted by atomic mass is 35.5. The molecule has 0 spiro atoms. The van der Waals surface area contributed by atoms with E-state index >= 15 is 0 Å². The normalized spacial score (nSPS) is 11.0. The summed E-state index contributed by atoms with van der Waals surface area (Å²) >= 11 is 12.1. The van der Waals surface area contributed by atoms with Crippen molar-refractivity contribution in [2.24, 2.45) is 0 Å². The van der Waals surface area contributed by atoms with Gasteiger partial charge in [0.1, 0.15) is 17.4 Å². The number of rotatable bonds is 3. The summed E-state index contributed by atoms with van der Waals surface area (Å²) in [7, 11) is 0. The van der Waals surface area contributed by atoms with Crippen LogP contribution in [0.4, 0.5) is 8.78 Å².